The van der Waals surface area contributed by atoms with Crippen LogP contribution in [0.2, 0.25) is 0 Å². The third-order valence-electron chi connectivity index (χ3n) is 5.68. The van der Waals surface area contributed by atoms with Gasteiger partial charge in [0.2, 0.25) is 17.8 Å². The number of nitrogens with two attached hydrogens (primary N) is 2. The number of anilines is 4. The maximum absolute atomic E-state index is 11.1. The number of hydrogen-bond acceptors (Lipinski definition) is 11. The molecule has 176 valence electrons. The SMILES string of the molecule is NC(=O)CCSc1cc(N2CCc3c(-c4cnc(N)nc4)nc(N4CCOCC4)nc32)ccn1. The number of carbonyl (C=O) groups is 1. The van der Waals surface area contributed by atoms with Crippen molar-refractivity contribution in [2.75, 3.05) is 54.1 Å². The average Bonchev–Trinajstić information content (AvgIpc) is 3.29. The smallest absolute Gasteiger partial charge is 0.228 e. The van der Waals surface area contributed by atoms with E-state index >= 15 is 0 Å². The van der Waals surface area contributed by atoms with Gasteiger partial charge in [-0.3, -0.25) is 4.79 Å². The van der Waals surface area contributed by atoms with Crippen molar-refractivity contribution >= 4 is 41.1 Å². The van der Waals surface area contributed by atoms with Crippen molar-refractivity contribution in [3.63, 3.8) is 0 Å². The van der Waals surface area contributed by atoms with Crippen LogP contribution in [0.5, 0.6) is 0 Å². The number of carbonyl (C=O) groups excluding carboxylic acids is 1. The number of pyridine rings is 1. The van der Waals surface area contributed by atoms with E-state index in [0.29, 0.717) is 31.3 Å². The first kappa shape index (κ1) is 22.3. The molecule has 0 saturated carbocycles. The lowest BCUT2D eigenvalue weighted by molar-refractivity contribution is -0.117. The molecule has 5 heterocycles. The number of nitrogens with zero attached hydrogens (tertiary/aromatic N) is 7. The highest BCUT2D eigenvalue weighted by atomic mass is 32.2. The molecule has 1 amide bonds. The minimum absolute atomic E-state index is 0.225. The van der Waals surface area contributed by atoms with E-state index in [1.165, 1.54) is 11.8 Å². The molecule has 12 heteroatoms. The number of fused-ring (bicyclic) bond motifs is 1. The summed E-state index contributed by atoms with van der Waals surface area (Å²) in [7, 11) is 0. The molecule has 1 fully saturated rings. The summed E-state index contributed by atoms with van der Waals surface area (Å²) in [6, 6.07) is 3.99. The number of nitrogen functional groups attached to an aromatic ring is 1. The van der Waals surface area contributed by atoms with Crippen LogP contribution in [0.3, 0.4) is 0 Å². The van der Waals surface area contributed by atoms with Gasteiger partial charge in [0.05, 0.1) is 23.9 Å². The molecule has 11 nitrogen and oxygen atoms in total. The molecule has 3 aromatic rings. The highest BCUT2D eigenvalue weighted by Crippen LogP contribution is 2.39. The molecular weight excluding hydrogens is 454 g/mol. The molecule has 0 aromatic carbocycles. The maximum Gasteiger partial charge on any atom is 0.228 e. The van der Waals surface area contributed by atoms with Gasteiger partial charge in [-0.1, -0.05) is 0 Å². The Morgan fingerprint density at radius 2 is 1.91 bits per heavy atom. The highest BCUT2D eigenvalue weighted by molar-refractivity contribution is 7.99. The minimum atomic E-state index is -0.316. The summed E-state index contributed by atoms with van der Waals surface area (Å²) >= 11 is 1.51. The van der Waals surface area contributed by atoms with E-state index in [1.54, 1.807) is 18.6 Å². The monoisotopic (exact) mass is 479 g/mol. The minimum Gasteiger partial charge on any atom is -0.378 e. The van der Waals surface area contributed by atoms with E-state index in [-0.39, 0.29) is 11.9 Å². The number of hydrogen-bond donors (Lipinski definition) is 2. The number of ether oxygens (including phenoxy) is 1. The topological polar surface area (TPSA) is 149 Å². The fourth-order valence-electron chi connectivity index (χ4n) is 4.00. The summed E-state index contributed by atoms with van der Waals surface area (Å²) in [6.07, 6.45) is 6.28. The zero-order valence-corrected chi connectivity index (χ0v) is 19.4. The zero-order valence-electron chi connectivity index (χ0n) is 18.6. The van der Waals surface area contributed by atoms with Crippen molar-refractivity contribution < 1.29 is 9.53 Å². The predicted molar refractivity (Wildman–Crippen MR) is 130 cm³/mol. The van der Waals surface area contributed by atoms with E-state index in [0.717, 1.165) is 59.4 Å². The summed E-state index contributed by atoms with van der Waals surface area (Å²) in [4.78, 5) is 38.1. The van der Waals surface area contributed by atoms with Gasteiger partial charge >= 0.3 is 0 Å². The van der Waals surface area contributed by atoms with Gasteiger partial charge in [-0.15, -0.1) is 11.8 Å². The van der Waals surface area contributed by atoms with Crippen LogP contribution in [0.4, 0.5) is 23.4 Å². The number of thioether (sulfide) groups is 1. The fraction of sp³-hybridized carbons (Fsp3) is 0.364. The van der Waals surface area contributed by atoms with Crippen LogP contribution in [-0.2, 0) is 16.0 Å². The summed E-state index contributed by atoms with van der Waals surface area (Å²) in [5.74, 6) is 2.02. The lowest BCUT2D eigenvalue weighted by Gasteiger charge is -2.28. The second-order valence-electron chi connectivity index (χ2n) is 7.92. The number of morpholine rings is 1. The van der Waals surface area contributed by atoms with Gasteiger partial charge in [-0.25, -0.2) is 19.9 Å². The molecule has 0 aliphatic carbocycles. The summed E-state index contributed by atoms with van der Waals surface area (Å²) in [6.45, 7) is 3.50. The van der Waals surface area contributed by atoms with Gasteiger partial charge in [-0.05, 0) is 18.6 Å². The van der Waals surface area contributed by atoms with Gasteiger partial charge in [0.1, 0.15) is 5.82 Å². The van der Waals surface area contributed by atoms with Gasteiger partial charge < -0.3 is 26.0 Å². The maximum atomic E-state index is 11.1. The quantitative estimate of drug-likeness (QED) is 0.474. The van der Waals surface area contributed by atoms with Gasteiger partial charge in [-0.2, -0.15) is 4.98 Å². The lowest BCUT2D eigenvalue weighted by atomic mass is 10.1. The fourth-order valence-corrected chi connectivity index (χ4v) is 4.85. The molecule has 1 saturated heterocycles. The van der Waals surface area contributed by atoms with Gasteiger partial charge in [0, 0.05) is 67.2 Å². The van der Waals surface area contributed by atoms with Crippen LogP contribution in [0.15, 0.2) is 35.7 Å². The van der Waals surface area contributed by atoms with Crippen LogP contribution in [0, 0.1) is 0 Å². The van der Waals surface area contributed by atoms with Crippen LogP contribution in [-0.4, -0.2) is 69.4 Å². The zero-order chi connectivity index (χ0) is 23.5. The van der Waals surface area contributed by atoms with Crippen LogP contribution in [0.25, 0.3) is 11.3 Å². The Kier molecular flexibility index (Phi) is 6.41. The molecule has 2 aliphatic heterocycles. The third-order valence-corrected chi connectivity index (χ3v) is 6.61. The standard InChI is InChI=1S/C22H25N9O2S/c23-17(32)3-10-34-18-11-15(1-4-25-18)31-5-2-16-19(14-12-26-21(24)27-13-14)28-22(29-20(16)31)30-6-8-33-9-7-30/h1,4,11-13H,2-3,5-10H2,(H2,23,32)(H2,24,26,27). The van der Waals surface area contributed by atoms with Crippen molar-refractivity contribution in [2.24, 2.45) is 5.73 Å². The van der Waals surface area contributed by atoms with E-state index in [2.05, 4.69) is 24.8 Å². The number of aromatic nitrogens is 5. The Labute approximate surface area is 201 Å². The van der Waals surface area contributed by atoms with Crippen molar-refractivity contribution in [3.05, 3.63) is 36.3 Å². The first-order valence-electron chi connectivity index (χ1n) is 11.0. The molecule has 0 atom stereocenters. The molecule has 0 bridgehead atoms. The molecule has 34 heavy (non-hydrogen) atoms. The number of amides is 1. The second-order valence-corrected chi connectivity index (χ2v) is 9.04. The van der Waals surface area contributed by atoms with Crippen LogP contribution >= 0.6 is 11.8 Å². The summed E-state index contributed by atoms with van der Waals surface area (Å²) < 4.78 is 5.51. The normalized spacial score (nSPS) is 15.4. The van der Waals surface area contributed by atoms with Crippen molar-refractivity contribution in [3.8, 4) is 11.3 Å². The lowest BCUT2D eigenvalue weighted by Crippen LogP contribution is -2.37. The van der Waals surface area contributed by atoms with Crippen molar-refractivity contribution in [1.29, 1.82) is 0 Å². The van der Waals surface area contributed by atoms with E-state index < -0.39 is 0 Å². The Balaban J connectivity index is 1.52. The predicted octanol–water partition coefficient (Wildman–Crippen LogP) is 1.41. The van der Waals surface area contributed by atoms with E-state index in [4.69, 9.17) is 26.2 Å². The molecule has 3 aromatic heterocycles. The average molecular weight is 480 g/mol. The molecule has 0 spiro atoms. The molecule has 0 unspecified atom stereocenters. The first-order chi connectivity index (χ1) is 16.6. The molecule has 5 rings (SSSR count). The largest absolute Gasteiger partial charge is 0.378 e. The Morgan fingerprint density at radius 1 is 1.12 bits per heavy atom. The molecular formula is C22H25N9O2S. The van der Waals surface area contributed by atoms with Crippen molar-refractivity contribution in [2.45, 2.75) is 17.9 Å². The van der Waals surface area contributed by atoms with Gasteiger partial charge in [0.15, 0.2) is 0 Å². The Hall–Kier alpha value is -3.51. The summed E-state index contributed by atoms with van der Waals surface area (Å²) in [5.41, 5.74) is 14.6. The Bertz CT molecular complexity index is 1190. The Morgan fingerprint density at radius 3 is 2.68 bits per heavy atom. The van der Waals surface area contributed by atoms with Gasteiger partial charge in [0.25, 0.3) is 0 Å². The molecule has 0 radical (unpaired) electrons. The van der Waals surface area contributed by atoms with Crippen molar-refractivity contribution in [1.82, 2.24) is 24.9 Å². The van der Waals surface area contributed by atoms with E-state index in [9.17, 15) is 4.79 Å². The molecule has 2 aliphatic rings. The number of rotatable bonds is 7. The van der Waals surface area contributed by atoms with Crippen LogP contribution < -0.4 is 21.3 Å². The number of primary amides is 1. The summed E-state index contributed by atoms with van der Waals surface area (Å²) in [5, 5.41) is 0.835. The highest BCUT2D eigenvalue weighted by Gasteiger charge is 2.29. The third kappa shape index (κ3) is 4.73. The molecule has 4 N–H and O–H groups in total. The second kappa shape index (κ2) is 9.77. The van der Waals surface area contributed by atoms with Crippen LogP contribution in [0.1, 0.15) is 12.0 Å². The first-order valence-corrected chi connectivity index (χ1v) is 12.0. The van der Waals surface area contributed by atoms with E-state index in [1.807, 2.05) is 12.1 Å².